The third kappa shape index (κ3) is 3.44. The zero-order valence-corrected chi connectivity index (χ0v) is 16.3. The lowest BCUT2D eigenvalue weighted by Gasteiger charge is -2.37. The first-order valence-electron chi connectivity index (χ1n) is 10.2. The summed E-state index contributed by atoms with van der Waals surface area (Å²) in [7, 11) is 0. The summed E-state index contributed by atoms with van der Waals surface area (Å²) < 4.78 is 0. The van der Waals surface area contributed by atoms with Crippen LogP contribution in [0.4, 0.5) is 0 Å². The van der Waals surface area contributed by atoms with Crippen molar-refractivity contribution in [3.63, 3.8) is 0 Å². The van der Waals surface area contributed by atoms with E-state index in [-0.39, 0.29) is 24.1 Å². The Hall–Kier alpha value is -2.25. The predicted octanol–water partition coefficient (Wildman–Crippen LogP) is 1.01. The number of piperidine rings is 2. The van der Waals surface area contributed by atoms with E-state index in [2.05, 4.69) is 17.1 Å². The molecular formula is C21H28N4O3. The van der Waals surface area contributed by atoms with Crippen LogP contribution in [0.3, 0.4) is 0 Å². The molecule has 3 amide bonds. The number of nitrogens with two attached hydrogens (primary N) is 1. The van der Waals surface area contributed by atoms with Crippen LogP contribution in [-0.2, 0) is 22.7 Å². The van der Waals surface area contributed by atoms with Gasteiger partial charge in [-0.1, -0.05) is 18.2 Å². The van der Waals surface area contributed by atoms with Crippen LogP contribution in [0.2, 0.25) is 0 Å². The fourth-order valence-corrected chi connectivity index (χ4v) is 4.81. The quantitative estimate of drug-likeness (QED) is 0.756. The van der Waals surface area contributed by atoms with Crippen molar-refractivity contribution in [2.75, 3.05) is 13.1 Å². The first-order valence-corrected chi connectivity index (χ1v) is 10.2. The van der Waals surface area contributed by atoms with Gasteiger partial charge in [0, 0.05) is 31.1 Å². The second-order valence-electron chi connectivity index (χ2n) is 8.30. The molecule has 3 atom stereocenters. The monoisotopic (exact) mass is 384 g/mol. The van der Waals surface area contributed by atoms with E-state index < -0.39 is 6.04 Å². The number of hydrogen-bond donors (Lipinski definition) is 2. The summed E-state index contributed by atoms with van der Waals surface area (Å²) in [5.74, 6) is -0.139. The molecule has 28 heavy (non-hydrogen) atoms. The van der Waals surface area contributed by atoms with Gasteiger partial charge in [0.25, 0.3) is 5.91 Å². The van der Waals surface area contributed by atoms with Gasteiger partial charge in [-0.3, -0.25) is 24.6 Å². The number of likely N-dealkylation sites (tertiary alicyclic amines) is 1. The number of hydrogen-bond acceptors (Lipinski definition) is 5. The number of carbonyl (C=O) groups excluding carboxylic acids is 3. The van der Waals surface area contributed by atoms with Gasteiger partial charge in [0.2, 0.25) is 11.8 Å². The molecule has 0 bridgehead atoms. The van der Waals surface area contributed by atoms with Gasteiger partial charge in [-0.05, 0) is 56.3 Å². The van der Waals surface area contributed by atoms with Crippen LogP contribution in [0, 0.1) is 5.92 Å². The Labute approximate surface area is 165 Å². The highest BCUT2D eigenvalue weighted by Gasteiger charge is 2.40. The summed E-state index contributed by atoms with van der Waals surface area (Å²) in [6, 6.07) is 5.84. The minimum absolute atomic E-state index is 0.0930. The van der Waals surface area contributed by atoms with Crippen LogP contribution in [0.15, 0.2) is 18.2 Å². The molecule has 1 aromatic carbocycles. The third-order valence-electron chi connectivity index (χ3n) is 6.47. The Morgan fingerprint density at radius 2 is 2.04 bits per heavy atom. The van der Waals surface area contributed by atoms with Crippen molar-refractivity contribution in [1.29, 1.82) is 0 Å². The molecule has 0 aliphatic carbocycles. The van der Waals surface area contributed by atoms with Crippen LogP contribution in [0.5, 0.6) is 0 Å². The number of imide groups is 1. The minimum Gasteiger partial charge on any atom is -0.330 e. The lowest BCUT2D eigenvalue weighted by Crippen LogP contribution is -2.52. The Morgan fingerprint density at radius 1 is 1.21 bits per heavy atom. The SMILES string of the molecule is CC1CC(CN)CCN1Cc1cccc2c1C(=O)N(C1CCC(=O)NC1=O)C2. The van der Waals surface area contributed by atoms with Crippen LogP contribution in [0.25, 0.3) is 0 Å². The van der Waals surface area contributed by atoms with Crippen LogP contribution >= 0.6 is 0 Å². The zero-order valence-electron chi connectivity index (χ0n) is 16.3. The number of nitrogens with one attached hydrogen (secondary N) is 1. The van der Waals surface area contributed by atoms with Gasteiger partial charge in [0.15, 0.2) is 0 Å². The van der Waals surface area contributed by atoms with E-state index in [0.29, 0.717) is 24.9 Å². The molecule has 150 valence electrons. The fourth-order valence-electron chi connectivity index (χ4n) is 4.81. The lowest BCUT2D eigenvalue weighted by molar-refractivity contribution is -0.136. The number of carbonyl (C=O) groups is 3. The van der Waals surface area contributed by atoms with Crippen molar-refractivity contribution in [1.82, 2.24) is 15.1 Å². The molecule has 0 spiro atoms. The van der Waals surface area contributed by atoms with Crippen LogP contribution < -0.4 is 11.1 Å². The number of benzene rings is 1. The van der Waals surface area contributed by atoms with Crippen LogP contribution in [0.1, 0.15) is 54.1 Å². The molecule has 3 aliphatic rings. The molecule has 3 N–H and O–H groups in total. The van der Waals surface area contributed by atoms with Gasteiger partial charge in [-0.25, -0.2) is 0 Å². The number of nitrogens with zero attached hydrogens (tertiary/aromatic N) is 2. The smallest absolute Gasteiger partial charge is 0.255 e. The van der Waals surface area contributed by atoms with Crippen molar-refractivity contribution in [2.24, 2.45) is 11.7 Å². The third-order valence-corrected chi connectivity index (χ3v) is 6.47. The average molecular weight is 384 g/mol. The number of amides is 3. The largest absolute Gasteiger partial charge is 0.330 e. The van der Waals surface area contributed by atoms with Crippen molar-refractivity contribution in [3.05, 3.63) is 34.9 Å². The maximum Gasteiger partial charge on any atom is 0.255 e. The Kier molecular flexibility index (Phi) is 5.21. The molecule has 0 radical (unpaired) electrons. The minimum atomic E-state index is -0.565. The van der Waals surface area contributed by atoms with Crippen LogP contribution in [-0.4, -0.2) is 52.7 Å². The fraction of sp³-hybridized carbons (Fsp3) is 0.571. The second-order valence-corrected chi connectivity index (χ2v) is 8.30. The maximum atomic E-state index is 13.2. The van der Waals surface area contributed by atoms with Gasteiger partial charge >= 0.3 is 0 Å². The summed E-state index contributed by atoms with van der Waals surface area (Å²) in [6.07, 6.45) is 2.84. The van der Waals surface area contributed by atoms with E-state index in [4.69, 9.17) is 5.73 Å². The van der Waals surface area contributed by atoms with Gasteiger partial charge < -0.3 is 10.6 Å². The number of fused-ring (bicyclic) bond motifs is 1. The van der Waals surface area contributed by atoms with Gasteiger partial charge in [-0.2, -0.15) is 0 Å². The predicted molar refractivity (Wildman–Crippen MR) is 104 cm³/mol. The zero-order chi connectivity index (χ0) is 19.8. The van der Waals surface area contributed by atoms with Gasteiger partial charge in [0.1, 0.15) is 6.04 Å². The summed E-state index contributed by atoms with van der Waals surface area (Å²) >= 11 is 0. The Morgan fingerprint density at radius 3 is 2.75 bits per heavy atom. The standard InChI is InChI=1S/C21H28N4O3/c1-13-9-14(10-22)7-8-24(13)11-15-3-2-4-16-12-25(21(28)19(15)16)17-5-6-18(26)23-20(17)27/h2-4,13-14,17H,5-12,22H2,1H3,(H,23,26,27). The highest BCUT2D eigenvalue weighted by molar-refractivity contribution is 6.05. The van der Waals surface area contributed by atoms with Crippen molar-refractivity contribution < 1.29 is 14.4 Å². The second kappa shape index (κ2) is 7.64. The van der Waals surface area contributed by atoms with Gasteiger partial charge in [0.05, 0.1) is 0 Å². The molecule has 3 aliphatic heterocycles. The summed E-state index contributed by atoms with van der Waals surface area (Å²) in [5, 5.41) is 2.36. The molecule has 2 saturated heterocycles. The first kappa shape index (κ1) is 19.1. The Bertz CT molecular complexity index is 809. The molecule has 3 unspecified atom stereocenters. The normalized spacial score (nSPS) is 28.4. The highest BCUT2D eigenvalue weighted by atomic mass is 16.2. The molecule has 0 saturated carbocycles. The molecule has 3 heterocycles. The highest BCUT2D eigenvalue weighted by Crippen LogP contribution is 2.32. The summed E-state index contributed by atoms with van der Waals surface area (Å²) in [5.41, 5.74) is 8.57. The van der Waals surface area contributed by atoms with Crippen molar-refractivity contribution >= 4 is 17.7 Å². The topological polar surface area (TPSA) is 95.7 Å². The van der Waals surface area contributed by atoms with E-state index >= 15 is 0 Å². The Balaban J connectivity index is 1.52. The summed E-state index contributed by atoms with van der Waals surface area (Å²) in [6.45, 7) is 5.11. The molecule has 0 aromatic heterocycles. The van der Waals surface area contributed by atoms with E-state index in [9.17, 15) is 14.4 Å². The van der Waals surface area contributed by atoms with E-state index in [1.807, 2.05) is 18.2 Å². The molecule has 4 rings (SSSR count). The molecule has 1 aromatic rings. The molecule has 2 fully saturated rings. The first-order chi connectivity index (χ1) is 13.5. The van der Waals surface area contributed by atoms with Crippen molar-refractivity contribution in [3.8, 4) is 0 Å². The number of rotatable bonds is 4. The summed E-state index contributed by atoms with van der Waals surface area (Å²) in [4.78, 5) is 40.9. The average Bonchev–Trinajstić information content (AvgIpc) is 3.01. The molecular weight excluding hydrogens is 356 g/mol. The van der Waals surface area contributed by atoms with E-state index in [1.54, 1.807) is 4.90 Å². The van der Waals surface area contributed by atoms with Crippen molar-refractivity contribution in [2.45, 2.75) is 57.8 Å². The molecule has 7 nitrogen and oxygen atoms in total. The van der Waals surface area contributed by atoms with E-state index in [0.717, 1.165) is 49.2 Å². The van der Waals surface area contributed by atoms with Gasteiger partial charge in [-0.15, -0.1) is 0 Å². The molecule has 7 heteroatoms. The maximum absolute atomic E-state index is 13.2. The van der Waals surface area contributed by atoms with E-state index in [1.165, 1.54) is 0 Å². The lowest BCUT2D eigenvalue weighted by atomic mass is 9.91.